The monoisotopic (exact) mass is 304 g/mol. The number of carbonyl (C=O) groups excluding carboxylic acids is 1. The molecule has 114 valence electrons. The highest BCUT2D eigenvalue weighted by Gasteiger charge is 2.18. The van der Waals surface area contributed by atoms with Crippen LogP contribution in [0.3, 0.4) is 0 Å². The number of benzene rings is 2. The Morgan fingerprint density at radius 2 is 2.00 bits per heavy atom. The van der Waals surface area contributed by atoms with E-state index >= 15 is 0 Å². The Kier molecular flexibility index (Phi) is 4.36. The minimum absolute atomic E-state index is 0.00840. The average Bonchev–Trinajstić information content (AvgIpc) is 2.49. The van der Waals surface area contributed by atoms with Crippen LogP contribution in [0.4, 0.5) is 15.8 Å². The molecule has 0 aromatic heterocycles. The van der Waals surface area contributed by atoms with Crippen LogP contribution in [0.25, 0.3) is 0 Å². The highest BCUT2D eigenvalue weighted by Crippen LogP contribution is 2.28. The Hall–Kier alpha value is -2.96. The maximum atomic E-state index is 13.7. The number of nitro benzene ring substituents is 1. The third kappa shape index (κ3) is 3.20. The van der Waals surface area contributed by atoms with Crippen molar-refractivity contribution in [2.45, 2.75) is 6.92 Å². The lowest BCUT2D eigenvalue weighted by Gasteiger charge is -2.08. The zero-order chi connectivity index (χ0) is 16.3. The maximum absolute atomic E-state index is 13.7. The van der Waals surface area contributed by atoms with E-state index in [2.05, 4.69) is 5.32 Å². The number of halogens is 1. The summed E-state index contributed by atoms with van der Waals surface area (Å²) in [5.74, 6) is -1.17. The topological polar surface area (TPSA) is 81.5 Å². The van der Waals surface area contributed by atoms with Gasteiger partial charge < -0.3 is 10.1 Å². The molecule has 0 saturated heterocycles. The Morgan fingerprint density at radius 1 is 1.27 bits per heavy atom. The molecule has 0 aliphatic heterocycles. The van der Waals surface area contributed by atoms with Gasteiger partial charge >= 0.3 is 5.69 Å². The number of methoxy groups -OCH3 is 1. The number of nitrogens with one attached hydrogen (secondary N) is 1. The summed E-state index contributed by atoms with van der Waals surface area (Å²) < 4.78 is 18.6. The number of nitrogens with zero attached hydrogens (tertiary/aromatic N) is 1. The van der Waals surface area contributed by atoms with Crippen LogP contribution in [-0.2, 0) is 0 Å². The van der Waals surface area contributed by atoms with Gasteiger partial charge in [-0.1, -0.05) is 6.07 Å². The number of anilines is 1. The number of hydrogen-bond donors (Lipinski definition) is 1. The van der Waals surface area contributed by atoms with Gasteiger partial charge in [0, 0.05) is 11.6 Å². The van der Waals surface area contributed by atoms with Crippen molar-refractivity contribution in [3.05, 3.63) is 63.5 Å². The smallest absolute Gasteiger partial charge is 0.311 e. The largest absolute Gasteiger partial charge is 0.490 e. The highest BCUT2D eigenvalue weighted by atomic mass is 19.1. The van der Waals surface area contributed by atoms with Gasteiger partial charge in [0.05, 0.1) is 17.7 Å². The summed E-state index contributed by atoms with van der Waals surface area (Å²) in [4.78, 5) is 22.4. The minimum Gasteiger partial charge on any atom is -0.490 e. The molecular weight excluding hydrogens is 291 g/mol. The Morgan fingerprint density at radius 3 is 2.59 bits per heavy atom. The fourth-order valence-electron chi connectivity index (χ4n) is 1.89. The van der Waals surface area contributed by atoms with Gasteiger partial charge in [0.25, 0.3) is 5.91 Å². The molecule has 0 atom stereocenters. The molecule has 2 aromatic carbocycles. The molecule has 0 unspecified atom stereocenters. The van der Waals surface area contributed by atoms with Crippen molar-refractivity contribution < 1.29 is 18.8 Å². The van der Waals surface area contributed by atoms with Crippen LogP contribution < -0.4 is 10.1 Å². The molecule has 1 N–H and O–H groups in total. The highest BCUT2D eigenvalue weighted by molar-refractivity contribution is 6.04. The lowest BCUT2D eigenvalue weighted by Crippen LogP contribution is -2.13. The molecule has 0 saturated carbocycles. The van der Waals surface area contributed by atoms with Crippen molar-refractivity contribution in [2.75, 3.05) is 12.4 Å². The van der Waals surface area contributed by atoms with Gasteiger partial charge in [-0.2, -0.15) is 0 Å². The third-order valence-corrected chi connectivity index (χ3v) is 3.01. The van der Waals surface area contributed by atoms with E-state index in [0.717, 1.165) is 11.6 Å². The van der Waals surface area contributed by atoms with E-state index in [0.29, 0.717) is 0 Å². The van der Waals surface area contributed by atoms with E-state index in [9.17, 15) is 19.3 Å². The molecule has 7 heteroatoms. The summed E-state index contributed by atoms with van der Waals surface area (Å²) in [6.07, 6.45) is 0. The van der Waals surface area contributed by atoms with Crippen LogP contribution in [0.5, 0.6) is 5.75 Å². The normalized spacial score (nSPS) is 10.1. The quantitative estimate of drug-likeness (QED) is 0.694. The van der Waals surface area contributed by atoms with Crippen LogP contribution in [0.15, 0.2) is 36.4 Å². The van der Waals surface area contributed by atoms with Crippen LogP contribution >= 0.6 is 0 Å². The second kappa shape index (κ2) is 6.21. The molecule has 0 spiro atoms. The van der Waals surface area contributed by atoms with E-state index < -0.39 is 16.6 Å². The second-order valence-electron chi connectivity index (χ2n) is 4.58. The van der Waals surface area contributed by atoms with Gasteiger partial charge in [0.1, 0.15) is 5.82 Å². The van der Waals surface area contributed by atoms with Crippen LogP contribution in [0.2, 0.25) is 0 Å². The summed E-state index contributed by atoms with van der Waals surface area (Å²) in [5, 5.41) is 13.3. The fourth-order valence-corrected chi connectivity index (χ4v) is 1.89. The minimum atomic E-state index is -0.651. The third-order valence-electron chi connectivity index (χ3n) is 3.01. The fraction of sp³-hybridized carbons (Fsp3) is 0.133. The first-order valence-corrected chi connectivity index (χ1v) is 6.32. The molecule has 2 rings (SSSR count). The van der Waals surface area contributed by atoms with Crippen LogP contribution in [0.1, 0.15) is 15.9 Å². The molecule has 2 aromatic rings. The van der Waals surface area contributed by atoms with E-state index in [-0.39, 0.29) is 22.7 Å². The summed E-state index contributed by atoms with van der Waals surface area (Å²) in [6.45, 7) is 1.72. The summed E-state index contributed by atoms with van der Waals surface area (Å²) >= 11 is 0. The number of carbonyl (C=O) groups is 1. The molecule has 22 heavy (non-hydrogen) atoms. The molecule has 0 aliphatic rings. The molecule has 0 radical (unpaired) electrons. The molecule has 1 amide bonds. The SMILES string of the molecule is COc1ccc(C(=O)Nc2ccc(C)cc2F)cc1[N+](=O)[O-]. The first kappa shape index (κ1) is 15.4. The number of ether oxygens (including phenoxy) is 1. The number of amides is 1. The van der Waals surface area contributed by atoms with Crippen molar-refractivity contribution in [1.29, 1.82) is 0 Å². The molecule has 0 aliphatic carbocycles. The standard InChI is InChI=1S/C15H13FN2O4/c1-9-3-5-12(11(16)7-9)17-15(19)10-4-6-14(22-2)13(8-10)18(20)21/h3-8H,1-2H3,(H,17,19). The lowest BCUT2D eigenvalue weighted by molar-refractivity contribution is -0.385. The van der Waals surface area contributed by atoms with E-state index in [1.165, 1.54) is 31.4 Å². The zero-order valence-corrected chi connectivity index (χ0v) is 11.9. The van der Waals surface area contributed by atoms with Crippen LogP contribution in [0, 0.1) is 22.9 Å². The van der Waals surface area contributed by atoms with Gasteiger partial charge in [-0.05, 0) is 36.8 Å². The van der Waals surface area contributed by atoms with Gasteiger partial charge in [-0.15, -0.1) is 0 Å². The Bertz CT molecular complexity index is 746. The molecule has 0 fully saturated rings. The molecular formula is C15H13FN2O4. The molecule has 0 heterocycles. The predicted octanol–water partition coefficient (Wildman–Crippen LogP) is 3.30. The summed E-state index contributed by atoms with van der Waals surface area (Å²) in [5.41, 5.74) is 0.427. The second-order valence-corrected chi connectivity index (χ2v) is 4.58. The van der Waals surface area contributed by atoms with Crippen molar-refractivity contribution in [3.63, 3.8) is 0 Å². The van der Waals surface area contributed by atoms with Gasteiger partial charge in [-0.3, -0.25) is 14.9 Å². The number of hydrogen-bond acceptors (Lipinski definition) is 4. The first-order valence-electron chi connectivity index (χ1n) is 6.32. The van der Waals surface area contributed by atoms with Crippen molar-refractivity contribution in [3.8, 4) is 5.75 Å². The van der Waals surface area contributed by atoms with Gasteiger partial charge in [-0.25, -0.2) is 4.39 Å². The van der Waals surface area contributed by atoms with Crippen molar-refractivity contribution in [1.82, 2.24) is 0 Å². The lowest BCUT2D eigenvalue weighted by atomic mass is 10.1. The van der Waals surface area contributed by atoms with E-state index in [1.807, 2.05) is 0 Å². The summed E-state index contributed by atoms with van der Waals surface area (Å²) in [7, 11) is 1.30. The summed E-state index contributed by atoms with van der Waals surface area (Å²) in [6, 6.07) is 8.13. The van der Waals surface area contributed by atoms with Crippen molar-refractivity contribution >= 4 is 17.3 Å². The number of nitro groups is 1. The van der Waals surface area contributed by atoms with E-state index in [1.54, 1.807) is 13.0 Å². The molecule has 0 bridgehead atoms. The van der Waals surface area contributed by atoms with Gasteiger partial charge in [0.15, 0.2) is 5.75 Å². The van der Waals surface area contributed by atoms with E-state index in [4.69, 9.17) is 4.74 Å². The van der Waals surface area contributed by atoms with Crippen LogP contribution in [-0.4, -0.2) is 17.9 Å². The predicted molar refractivity (Wildman–Crippen MR) is 78.7 cm³/mol. The Labute approximate surface area is 125 Å². The average molecular weight is 304 g/mol. The van der Waals surface area contributed by atoms with Crippen molar-refractivity contribution in [2.24, 2.45) is 0 Å². The maximum Gasteiger partial charge on any atom is 0.311 e. The number of aryl methyl sites for hydroxylation is 1. The van der Waals surface area contributed by atoms with Gasteiger partial charge in [0.2, 0.25) is 0 Å². The Balaban J connectivity index is 2.30. The zero-order valence-electron chi connectivity index (χ0n) is 11.9. The number of rotatable bonds is 4. The molecule has 6 nitrogen and oxygen atoms in total. The first-order chi connectivity index (χ1) is 10.4.